The second-order valence-corrected chi connectivity index (χ2v) is 17.0. The number of benzene rings is 2. The average Bonchev–Trinajstić information content (AvgIpc) is 2.96. The van der Waals surface area contributed by atoms with Crippen LogP contribution in [-0.2, 0) is 59.2 Å². The molecule has 0 aliphatic heterocycles. The van der Waals surface area contributed by atoms with Gasteiger partial charge in [0, 0.05) is 29.4 Å². The summed E-state index contributed by atoms with van der Waals surface area (Å²) in [5, 5.41) is 22.3. The molecule has 0 atom stereocenters. The minimum Gasteiger partial charge on any atom is -0.367 e. The lowest BCUT2D eigenvalue weighted by molar-refractivity contribution is 0.278. The number of nitriles is 1. The van der Waals surface area contributed by atoms with E-state index in [1.165, 1.54) is 6.92 Å². The zero-order chi connectivity index (χ0) is 37.7. The molecule has 1 aromatic heterocycles. The monoisotopic (exact) mass is 802 g/mol. The Bertz CT molecular complexity index is 2430. The van der Waals surface area contributed by atoms with Crippen molar-refractivity contribution in [1.29, 1.82) is 5.26 Å². The number of fused-ring (bicyclic) bond motifs is 1. The normalized spacial score (nSPS) is 13.0. The van der Waals surface area contributed by atoms with E-state index in [0.29, 0.717) is 0 Å². The second kappa shape index (κ2) is 15.5. The highest BCUT2D eigenvalue weighted by molar-refractivity contribution is 7.91. The summed E-state index contributed by atoms with van der Waals surface area (Å²) >= 11 is 0. The molecule has 27 heteroatoms. The van der Waals surface area contributed by atoms with Crippen molar-refractivity contribution in [3.8, 4) is 6.07 Å². The van der Waals surface area contributed by atoms with Crippen molar-refractivity contribution < 1.29 is 68.7 Å². The summed E-state index contributed by atoms with van der Waals surface area (Å²) in [4.78, 5) is 2.63. The minimum atomic E-state index is -5.02. The fraction of sp³-hybridized carbons (Fsp3) is 0.304. The quantitative estimate of drug-likeness (QED) is 0.0634. The van der Waals surface area contributed by atoms with Crippen LogP contribution in [0.4, 0.5) is 23.0 Å². The van der Waals surface area contributed by atoms with Crippen molar-refractivity contribution in [2.24, 2.45) is 10.2 Å². The molecule has 0 spiro atoms. The van der Waals surface area contributed by atoms with Crippen molar-refractivity contribution in [1.82, 2.24) is 4.98 Å². The Labute approximate surface area is 285 Å². The first-order valence-electron chi connectivity index (χ1n) is 13.2. The van der Waals surface area contributed by atoms with Crippen molar-refractivity contribution in [2.45, 2.75) is 16.7 Å². The van der Waals surface area contributed by atoms with Gasteiger partial charge in [0.1, 0.15) is 27.4 Å². The van der Waals surface area contributed by atoms with Crippen molar-refractivity contribution in [3.63, 3.8) is 0 Å². The van der Waals surface area contributed by atoms with Gasteiger partial charge in [-0.25, -0.2) is 21.8 Å². The number of nitrogens with zero attached hydrogens (tertiary/aromatic N) is 4. The van der Waals surface area contributed by atoms with E-state index in [9.17, 15) is 56.5 Å². The highest BCUT2D eigenvalue weighted by Crippen LogP contribution is 2.37. The zero-order valence-corrected chi connectivity index (χ0v) is 29.2. The van der Waals surface area contributed by atoms with Crippen LogP contribution in [0.25, 0.3) is 10.8 Å². The number of hydrogen-bond donors (Lipinski definition) is 6. The Morgan fingerprint density at radius 2 is 1.36 bits per heavy atom. The first kappa shape index (κ1) is 40.5. The molecular formula is C23H26N6O16S5. The number of hydrogen-bond acceptors (Lipinski definition) is 18. The van der Waals surface area contributed by atoms with Crippen LogP contribution in [0.15, 0.2) is 50.4 Å². The van der Waals surface area contributed by atoms with Crippen LogP contribution in [0.5, 0.6) is 0 Å². The van der Waals surface area contributed by atoms with Crippen LogP contribution in [0.3, 0.4) is 0 Å². The number of azo groups is 1. The second-order valence-electron chi connectivity index (χ2n) is 9.72. The summed E-state index contributed by atoms with van der Waals surface area (Å²) in [5.74, 6) is -2.00. The van der Waals surface area contributed by atoms with Crippen molar-refractivity contribution >= 4 is 84.7 Å². The molecule has 1 heterocycles. The van der Waals surface area contributed by atoms with Gasteiger partial charge in [0.05, 0.1) is 36.0 Å². The van der Waals surface area contributed by atoms with Gasteiger partial charge in [-0.2, -0.15) is 44.0 Å². The van der Waals surface area contributed by atoms with E-state index in [2.05, 4.69) is 34.2 Å². The molecule has 0 fully saturated rings. The lowest BCUT2D eigenvalue weighted by Crippen LogP contribution is -2.22. The molecule has 2 aromatic carbocycles. The summed E-state index contributed by atoms with van der Waals surface area (Å²) in [6.07, 6.45) is 0. The van der Waals surface area contributed by atoms with E-state index in [-0.39, 0.29) is 45.8 Å². The van der Waals surface area contributed by atoms with Gasteiger partial charge in [0.2, 0.25) is 0 Å². The molecule has 0 unspecified atom stereocenters. The average molecular weight is 803 g/mol. The summed E-state index contributed by atoms with van der Waals surface area (Å²) < 4.78 is 161. The predicted octanol–water partition coefficient (Wildman–Crippen LogP) is 1.20. The highest BCUT2D eigenvalue weighted by Gasteiger charge is 2.23. The molecule has 274 valence electrons. The third-order valence-corrected chi connectivity index (χ3v) is 10.6. The first-order chi connectivity index (χ1) is 22.9. The van der Waals surface area contributed by atoms with E-state index in [0.717, 1.165) is 30.3 Å². The topological polar surface area (TPSA) is 356 Å². The largest absolute Gasteiger partial charge is 0.397 e. The smallest absolute Gasteiger partial charge is 0.367 e. The van der Waals surface area contributed by atoms with Crippen LogP contribution < -0.4 is 10.6 Å². The maximum absolute atomic E-state index is 12.4. The Kier molecular flexibility index (Phi) is 12.6. The molecule has 0 saturated heterocycles. The van der Waals surface area contributed by atoms with Gasteiger partial charge < -0.3 is 10.6 Å². The van der Waals surface area contributed by atoms with Gasteiger partial charge in [-0.15, -0.1) is 5.11 Å². The van der Waals surface area contributed by atoms with E-state index in [1.54, 1.807) is 0 Å². The van der Waals surface area contributed by atoms with Gasteiger partial charge in [-0.3, -0.25) is 18.2 Å². The number of pyridine rings is 1. The molecule has 6 N–H and O–H groups in total. The van der Waals surface area contributed by atoms with Crippen LogP contribution in [-0.4, -0.2) is 103 Å². The molecule has 0 aliphatic carbocycles. The van der Waals surface area contributed by atoms with Crippen LogP contribution in [0, 0.1) is 18.3 Å². The van der Waals surface area contributed by atoms with E-state index in [1.807, 2.05) is 6.07 Å². The third kappa shape index (κ3) is 11.6. The van der Waals surface area contributed by atoms with Gasteiger partial charge >= 0.3 is 20.8 Å². The minimum absolute atomic E-state index is 0.00535. The summed E-state index contributed by atoms with van der Waals surface area (Å²) in [6, 6.07) is 6.89. The SMILES string of the molecule is Cc1c(C#N)c(NCCOS(=O)(=O)O)nc(NCCS(=O)(=O)CCOS(=O)(=O)O)c1/N=N/c1cc(S(=O)(=O)O)c2cccc(S(=O)(=O)O)c2c1. The van der Waals surface area contributed by atoms with Gasteiger partial charge in [-0.05, 0) is 25.1 Å². The molecule has 0 aliphatic rings. The number of nitrogens with one attached hydrogen (secondary N) is 2. The molecule has 0 radical (unpaired) electrons. The fourth-order valence-corrected chi connectivity index (χ4v) is 7.20. The van der Waals surface area contributed by atoms with Crippen molar-refractivity contribution in [3.05, 3.63) is 41.5 Å². The molecule has 3 aromatic rings. The molecular weight excluding hydrogens is 777 g/mol. The van der Waals surface area contributed by atoms with E-state index < -0.39 is 97.6 Å². The standard InChI is InChI=1S/C23H26N6O16S5/c1-14-18(13-24)22(25-5-7-44-49(38,39)40)27-23(26-6-9-46(30,31)10-8-45-50(41,42)43)21(14)29-28-15-11-17-16(20(12-15)48(35,36)37)3-2-4-19(17)47(32,33)34/h2-4,11-12H,5-10H2,1H3,(H2,25,26,27)(H,32,33,34)(H,35,36,37)(H,38,39,40)(H,41,42,43)/b29-28+. The Balaban J connectivity index is 2.11. The van der Waals surface area contributed by atoms with E-state index in [4.69, 9.17) is 9.11 Å². The maximum atomic E-state index is 12.4. The van der Waals surface area contributed by atoms with Crippen LogP contribution in [0.1, 0.15) is 11.1 Å². The Morgan fingerprint density at radius 1 is 0.760 bits per heavy atom. The van der Waals surface area contributed by atoms with Crippen LogP contribution >= 0.6 is 0 Å². The molecule has 22 nitrogen and oxygen atoms in total. The fourth-order valence-electron chi connectivity index (χ4n) is 4.13. The van der Waals surface area contributed by atoms with E-state index >= 15 is 0 Å². The van der Waals surface area contributed by atoms with Crippen LogP contribution in [0.2, 0.25) is 0 Å². The number of aromatic nitrogens is 1. The van der Waals surface area contributed by atoms with Gasteiger partial charge in [0.25, 0.3) is 20.2 Å². The third-order valence-electron chi connectivity index (χ3n) is 6.21. The predicted molar refractivity (Wildman–Crippen MR) is 172 cm³/mol. The lowest BCUT2D eigenvalue weighted by Gasteiger charge is -2.15. The number of rotatable bonds is 17. The Morgan fingerprint density at radius 3 is 1.94 bits per heavy atom. The lowest BCUT2D eigenvalue weighted by atomic mass is 10.1. The Hall–Kier alpha value is -3.95. The molecule has 0 bridgehead atoms. The zero-order valence-electron chi connectivity index (χ0n) is 25.1. The molecule has 0 saturated carbocycles. The molecule has 3 rings (SSSR count). The first-order valence-corrected chi connectivity index (χ1v) is 20.6. The van der Waals surface area contributed by atoms with Crippen molar-refractivity contribution in [2.75, 3.05) is 48.4 Å². The van der Waals surface area contributed by atoms with Gasteiger partial charge in [-0.1, -0.05) is 12.1 Å². The summed E-state index contributed by atoms with van der Waals surface area (Å²) in [7, 11) is -23.7. The summed E-state index contributed by atoms with van der Waals surface area (Å²) in [5.41, 5.74) is -0.857. The maximum Gasteiger partial charge on any atom is 0.397 e. The molecule has 0 amide bonds. The van der Waals surface area contributed by atoms with Gasteiger partial charge in [0.15, 0.2) is 15.7 Å². The summed E-state index contributed by atoms with van der Waals surface area (Å²) in [6.45, 7) is -0.966. The highest BCUT2D eigenvalue weighted by atomic mass is 32.3. The number of anilines is 2. The number of sulfone groups is 1. The molecule has 50 heavy (non-hydrogen) atoms.